The van der Waals surface area contributed by atoms with Crippen LogP contribution in [0.15, 0.2) is 28.3 Å². The molecule has 8 nitrogen and oxygen atoms in total. The van der Waals surface area contributed by atoms with Gasteiger partial charge in [0.1, 0.15) is 5.75 Å². The number of fused-ring (bicyclic) bond motifs is 1. The van der Waals surface area contributed by atoms with Gasteiger partial charge in [0.05, 0.1) is 28.2 Å². The fraction of sp³-hybridized carbons (Fsp3) is 0.462. The van der Waals surface area contributed by atoms with Gasteiger partial charge < -0.3 is 19.6 Å². The summed E-state index contributed by atoms with van der Waals surface area (Å²) in [5.41, 5.74) is 2.39. The standard InChI is InChI=1S/C26H30BrN3O5S/c1-26(2,3)30(11-8-6-5-7-9-18-15-28-16-36-18)24(32)23(31)29-12-10-17-13-21(35-4)20(27)14-19(17)22(29)25(33)34/h13-16,22H,5-6,8,10-12H2,1-4H3,(H,33,34). The number of hydrogen-bond acceptors (Lipinski definition) is 6. The molecule has 2 amide bonds. The van der Waals surface area contributed by atoms with Crippen molar-refractivity contribution in [2.75, 3.05) is 20.2 Å². The monoisotopic (exact) mass is 575 g/mol. The summed E-state index contributed by atoms with van der Waals surface area (Å²) in [5, 5.41) is 10.0. The molecule has 1 N–H and O–H groups in total. The number of unbranched alkanes of at least 4 members (excludes halogenated alkanes) is 2. The Hall–Kier alpha value is -2.90. The first-order valence-electron chi connectivity index (χ1n) is 11.6. The van der Waals surface area contributed by atoms with Gasteiger partial charge >= 0.3 is 17.8 Å². The molecule has 1 unspecified atom stereocenters. The van der Waals surface area contributed by atoms with Crippen molar-refractivity contribution in [1.29, 1.82) is 0 Å². The van der Waals surface area contributed by atoms with Crippen LogP contribution in [0.2, 0.25) is 0 Å². The molecule has 0 aliphatic carbocycles. The fourth-order valence-electron chi connectivity index (χ4n) is 4.15. The molecule has 36 heavy (non-hydrogen) atoms. The highest BCUT2D eigenvalue weighted by molar-refractivity contribution is 9.10. The lowest BCUT2D eigenvalue weighted by molar-refractivity contribution is -0.160. The number of hydrogen-bond donors (Lipinski definition) is 1. The van der Waals surface area contributed by atoms with E-state index in [-0.39, 0.29) is 6.54 Å². The average molecular weight is 577 g/mol. The lowest BCUT2D eigenvalue weighted by Gasteiger charge is -2.39. The molecule has 0 spiro atoms. The first-order chi connectivity index (χ1) is 17.0. The van der Waals surface area contributed by atoms with Crippen molar-refractivity contribution >= 4 is 45.1 Å². The molecular weight excluding hydrogens is 546 g/mol. The summed E-state index contributed by atoms with van der Waals surface area (Å²) in [6.45, 7) is 6.10. The van der Waals surface area contributed by atoms with E-state index < -0.39 is 29.4 Å². The van der Waals surface area contributed by atoms with Gasteiger partial charge in [-0.1, -0.05) is 11.8 Å². The molecular formula is C26H30BrN3O5S. The quantitative estimate of drug-likeness (QED) is 0.313. The van der Waals surface area contributed by atoms with E-state index in [1.165, 1.54) is 28.2 Å². The number of carboxylic acids is 1. The number of nitrogens with zero attached hydrogens (tertiary/aromatic N) is 3. The van der Waals surface area contributed by atoms with Gasteiger partial charge in [-0.15, -0.1) is 11.3 Å². The first-order valence-corrected chi connectivity index (χ1v) is 13.3. The zero-order chi connectivity index (χ0) is 26.5. The maximum atomic E-state index is 13.4. The van der Waals surface area contributed by atoms with Gasteiger partial charge in [-0.3, -0.25) is 14.6 Å². The molecule has 0 bridgehead atoms. The normalized spacial score (nSPS) is 14.9. The Morgan fingerprint density at radius 2 is 2.06 bits per heavy atom. The van der Waals surface area contributed by atoms with E-state index in [0.29, 0.717) is 41.6 Å². The molecule has 1 aromatic carbocycles. The van der Waals surface area contributed by atoms with E-state index >= 15 is 0 Å². The molecule has 0 saturated carbocycles. The SMILES string of the molecule is COc1cc2c(cc1Br)C(C(=O)O)N(C(=O)C(=O)N(CCCCC#Cc1cncs1)C(C)(C)C)CC2. The summed E-state index contributed by atoms with van der Waals surface area (Å²) in [4.78, 5) is 46.7. The number of thiazole rings is 1. The highest BCUT2D eigenvalue weighted by Gasteiger charge is 2.41. The number of rotatable bonds is 6. The Bertz CT molecular complexity index is 1180. The van der Waals surface area contributed by atoms with Crippen LogP contribution in [0.5, 0.6) is 5.75 Å². The third kappa shape index (κ3) is 6.45. The van der Waals surface area contributed by atoms with E-state index in [1.807, 2.05) is 20.8 Å². The number of aromatic nitrogens is 1. The van der Waals surface area contributed by atoms with Gasteiger partial charge in [-0.2, -0.15) is 0 Å². The summed E-state index contributed by atoms with van der Waals surface area (Å²) < 4.78 is 5.91. The van der Waals surface area contributed by atoms with Crippen molar-refractivity contribution in [1.82, 2.24) is 14.8 Å². The van der Waals surface area contributed by atoms with E-state index in [4.69, 9.17) is 4.74 Å². The predicted octanol–water partition coefficient (Wildman–Crippen LogP) is 4.27. The van der Waals surface area contributed by atoms with Gasteiger partial charge in [0.15, 0.2) is 6.04 Å². The Labute approximate surface area is 223 Å². The van der Waals surface area contributed by atoms with Crippen LogP contribution < -0.4 is 4.74 Å². The van der Waals surface area contributed by atoms with Crippen molar-refractivity contribution in [3.05, 3.63) is 44.3 Å². The van der Waals surface area contributed by atoms with Crippen molar-refractivity contribution in [3.8, 4) is 17.6 Å². The minimum Gasteiger partial charge on any atom is -0.496 e. The second kappa shape index (κ2) is 11.9. The Morgan fingerprint density at radius 1 is 1.31 bits per heavy atom. The van der Waals surface area contributed by atoms with Crippen molar-refractivity contribution in [2.24, 2.45) is 0 Å². The lowest BCUT2D eigenvalue weighted by Crippen LogP contribution is -2.55. The van der Waals surface area contributed by atoms with Crippen LogP contribution in [0.1, 0.15) is 62.1 Å². The van der Waals surface area contributed by atoms with E-state index in [1.54, 1.807) is 23.8 Å². The van der Waals surface area contributed by atoms with Crippen LogP contribution >= 0.6 is 27.3 Å². The van der Waals surface area contributed by atoms with Crippen LogP contribution in [0.3, 0.4) is 0 Å². The second-order valence-corrected chi connectivity index (χ2v) is 11.2. The maximum Gasteiger partial charge on any atom is 0.331 e. The summed E-state index contributed by atoms with van der Waals surface area (Å²) in [5.74, 6) is 4.07. The number of aliphatic carboxylic acids is 1. The fourth-order valence-corrected chi connectivity index (χ4v) is 5.16. The Kier molecular flexibility index (Phi) is 9.14. The molecule has 192 valence electrons. The van der Waals surface area contributed by atoms with Gasteiger partial charge in [-0.25, -0.2) is 4.79 Å². The minimum absolute atomic E-state index is 0.129. The van der Waals surface area contributed by atoms with Crippen LogP contribution in [-0.4, -0.2) is 63.4 Å². The first kappa shape index (κ1) is 27.7. The number of halogens is 1. The van der Waals surface area contributed by atoms with Crippen molar-refractivity contribution in [2.45, 2.75) is 58.0 Å². The molecule has 2 heterocycles. The van der Waals surface area contributed by atoms with Gasteiger partial charge in [0.25, 0.3) is 0 Å². The Balaban J connectivity index is 1.73. The summed E-state index contributed by atoms with van der Waals surface area (Å²) >= 11 is 4.88. The third-order valence-electron chi connectivity index (χ3n) is 5.95. The van der Waals surface area contributed by atoms with E-state index in [9.17, 15) is 19.5 Å². The number of benzene rings is 1. The number of amides is 2. The number of ether oxygens (including phenoxy) is 1. The largest absolute Gasteiger partial charge is 0.496 e. The predicted molar refractivity (Wildman–Crippen MR) is 141 cm³/mol. The molecule has 1 atom stereocenters. The Morgan fingerprint density at radius 3 is 2.67 bits per heavy atom. The smallest absolute Gasteiger partial charge is 0.331 e. The van der Waals surface area contributed by atoms with E-state index in [0.717, 1.165) is 16.9 Å². The highest BCUT2D eigenvalue weighted by atomic mass is 79.9. The molecule has 1 aliphatic heterocycles. The molecule has 1 aliphatic rings. The number of methoxy groups -OCH3 is 1. The minimum atomic E-state index is -1.25. The third-order valence-corrected chi connectivity index (χ3v) is 7.26. The van der Waals surface area contributed by atoms with Crippen molar-refractivity contribution in [3.63, 3.8) is 0 Å². The summed E-state index contributed by atoms with van der Waals surface area (Å²) in [7, 11) is 1.54. The zero-order valence-electron chi connectivity index (χ0n) is 20.8. The number of carbonyl (C=O) groups is 3. The molecule has 0 fully saturated rings. The van der Waals surface area contributed by atoms with Crippen LogP contribution in [0.25, 0.3) is 0 Å². The molecule has 2 aromatic rings. The molecule has 0 saturated heterocycles. The molecule has 0 radical (unpaired) electrons. The zero-order valence-corrected chi connectivity index (χ0v) is 23.2. The van der Waals surface area contributed by atoms with Crippen LogP contribution in [-0.2, 0) is 20.8 Å². The second-order valence-electron chi connectivity index (χ2n) is 9.43. The van der Waals surface area contributed by atoms with Crippen LogP contribution in [0, 0.1) is 11.8 Å². The maximum absolute atomic E-state index is 13.4. The number of carboxylic acid groups (broad SMARTS) is 1. The van der Waals surface area contributed by atoms with Gasteiger partial charge in [0, 0.05) is 25.0 Å². The summed E-state index contributed by atoms with van der Waals surface area (Å²) in [6.07, 6.45) is 4.26. The highest BCUT2D eigenvalue weighted by Crippen LogP contribution is 2.37. The molecule has 1 aromatic heterocycles. The van der Waals surface area contributed by atoms with Crippen LogP contribution in [0.4, 0.5) is 0 Å². The summed E-state index contributed by atoms with van der Waals surface area (Å²) in [6, 6.07) is 2.18. The van der Waals surface area contributed by atoms with Gasteiger partial charge in [0.2, 0.25) is 0 Å². The van der Waals surface area contributed by atoms with E-state index in [2.05, 4.69) is 32.8 Å². The number of carbonyl (C=O) groups excluding carboxylic acids is 2. The topological polar surface area (TPSA) is 100 Å². The van der Waals surface area contributed by atoms with Gasteiger partial charge in [-0.05, 0) is 79.2 Å². The lowest BCUT2D eigenvalue weighted by atomic mass is 9.92. The van der Waals surface area contributed by atoms with Crippen molar-refractivity contribution < 1.29 is 24.2 Å². The molecule has 10 heteroatoms. The molecule has 3 rings (SSSR count). The average Bonchev–Trinajstić information content (AvgIpc) is 3.34.